The van der Waals surface area contributed by atoms with Gasteiger partial charge in [-0.15, -0.1) is 0 Å². The van der Waals surface area contributed by atoms with E-state index in [1.165, 1.54) is 0 Å². The summed E-state index contributed by atoms with van der Waals surface area (Å²) < 4.78 is 53.6. The Morgan fingerprint density at radius 1 is 0.786 bits per heavy atom. The van der Waals surface area contributed by atoms with Crippen molar-refractivity contribution in [1.82, 2.24) is 4.90 Å². The quantitative estimate of drug-likeness (QED) is 0.211. The van der Waals surface area contributed by atoms with Crippen LogP contribution in [0.5, 0.6) is 0 Å². The summed E-state index contributed by atoms with van der Waals surface area (Å²) in [7, 11) is -1.26. The fraction of sp³-hybridized carbons (Fsp3) is 0.941. The van der Waals surface area contributed by atoms with Crippen LogP contribution >= 0.6 is 0 Å². The SMILES string of the molecule is COCCOCCOCCOCCOCC(=O)OCCN1CCS(=O)(=O)CC1. The highest BCUT2D eigenvalue weighted by Gasteiger charge is 2.21. The highest BCUT2D eigenvalue weighted by atomic mass is 32.2. The second-order valence-electron chi connectivity index (χ2n) is 6.10. The van der Waals surface area contributed by atoms with Crippen LogP contribution in [-0.2, 0) is 43.1 Å². The molecule has 10 nitrogen and oxygen atoms in total. The van der Waals surface area contributed by atoms with E-state index in [2.05, 4.69) is 0 Å². The molecule has 0 atom stereocenters. The topological polar surface area (TPSA) is 110 Å². The largest absolute Gasteiger partial charge is 0.463 e. The first-order valence-electron chi connectivity index (χ1n) is 9.42. The Morgan fingerprint density at radius 2 is 1.29 bits per heavy atom. The minimum absolute atomic E-state index is 0.132. The van der Waals surface area contributed by atoms with Gasteiger partial charge in [0.05, 0.1) is 64.4 Å². The molecule has 0 spiro atoms. The summed E-state index contributed by atoms with van der Waals surface area (Å²) >= 11 is 0. The number of ether oxygens (including phenoxy) is 6. The lowest BCUT2D eigenvalue weighted by Crippen LogP contribution is -2.42. The van der Waals surface area contributed by atoms with Crippen LogP contribution in [0.4, 0.5) is 0 Å². The van der Waals surface area contributed by atoms with E-state index in [0.717, 1.165) is 0 Å². The Kier molecular flexibility index (Phi) is 14.4. The van der Waals surface area contributed by atoms with Crippen molar-refractivity contribution < 1.29 is 41.6 Å². The first-order valence-corrected chi connectivity index (χ1v) is 11.2. The highest BCUT2D eigenvalue weighted by molar-refractivity contribution is 7.91. The number of nitrogens with zero attached hydrogens (tertiary/aromatic N) is 1. The van der Waals surface area contributed by atoms with Gasteiger partial charge in [-0.3, -0.25) is 4.90 Å². The summed E-state index contributed by atoms with van der Waals surface area (Å²) in [4.78, 5) is 13.5. The molecule has 0 radical (unpaired) electrons. The zero-order valence-corrected chi connectivity index (χ0v) is 17.5. The predicted octanol–water partition coefficient (Wildman–Crippen LogP) is -1.03. The van der Waals surface area contributed by atoms with Gasteiger partial charge < -0.3 is 28.4 Å². The van der Waals surface area contributed by atoms with Crippen LogP contribution in [-0.4, -0.2) is 124 Å². The normalized spacial score (nSPS) is 16.9. The first-order chi connectivity index (χ1) is 13.5. The van der Waals surface area contributed by atoms with E-state index in [9.17, 15) is 13.2 Å². The summed E-state index contributed by atoms with van der Waals surface area (Å²) in [6, 6.07) is 0. The van der Waals surface area contributed by atoms with Gasteiger partial charge in [0, 0.05) is 26.7 Å². The summed E-state index contributed by atoms with van der Waals surface area (Å²) in [6.45, 7) is 5.30. The van der Waals surface area contributed by atoms with E-state index in [1.807, 2.05) is 4.90 Å². The number of methoxy groups -OCH3 is 1. The summed E-state index contributed by atoms with van der Waals surface area (Å²) in [5.41, 5.74) is 0. The van der Waals surface area contributed by atoms with Crippen molar-refractivity contribution in [2.75, 3.05) is 104 Å². The van der Waals surface area contributed by atoms with E-state index < -0.39 is 15.8 Å². The minimum atomic E-state index is -2.89. The lowest BCUT2D eigenvalue weighted by molar-refractivity contribution is -0.149. The highest BCUT2D eigenvalue weighted by Crippen LogP contribution is 2.03. The number of sulfone groups is 1. The number of hydrogen-bond acceptors (Lipinski definition) is 10. The summed E-state index contributed by atoms with van der Waals surface area (Å²) in [5, 5.41) is 0. The Morgan fingerprint density at radius 3 is 1.82 bits per heavy atom. The third kappa shape index (κ3) is 14.2. The van der Waals surface area contributed by atoms with Crippen molar-refractivity contribution in [3.8, 4) is 0 Å². The molecule has 28 heavy (non-hydrogen) atoms. The second-order valence-corrected chi connectivity index (χ2v) is 8.40. The second kappa shape index (κ2) is 16.0. The molecule has 0 N–H and O–H groups in total. The Balaban J connectivity index is 1.81. The Bertz CT molecular complexity index is 487. The van der Waals surface area contributed by atoms with Crippen LogP contribution in [0.1, 0.15) is 0 Å². The average Bonchev–Trinajstić information content (AvgIpc) is 2.67. The molecule has 1 aliphatic rings. The smallest absolute Gasteiger partial charge is 0.332 e. The zero-order chi connectivity index (χ0) is 20.5. The lowest BCUT2D eigenvalue weighted by Gasteiger charge is -2.25. The molecule has 0 unspecified atom stereocenters. The molecule has 166 valence electrons. The van der Waals surface area contributed by atoms with Gasteiger partial charge in [-0.25, -0.2) is 13.2 Å². The Labute approximate surface area is 167 Å². The molecule has 0 amide bonds. The van der Waals surface area contributed by atoms with E-state index in [4.69, 9.17) is 28.4 Å². The minimum Gasteiger partial charge on any atom is -0.463 e. The molecular weight excluding hydrogens is 394 g/mol. The monoisotopic (exact) mass is 427 g/mol. The molecule has 0 aromatic heterocycles. The number of hydrogen-bond donors (Lipinski definition) is 0. The van der Waals surface area contributed by atoms with Crippen molar-refractivity contribution in [3.05, 3.63) is 0 Å². The van der Waals surface area contributed by atoms with E-state index in [-0.39, 0.29) is 24.7 Å². The van der Waals surface area contributed by atoms with Crippen LogP contribution in [0.2, 0.25) is 0 Å². The zero-order valence-electron chi connectivity index (χ0n) is 16.6. The molecule has 1 aliphatic heterocycles. The summed E-state index contributed by atoms with van der Waals surface area (Å²) in [5.74, 6) is -0.115. The van der Waals surface area contributed by atoms with Crippen molar-refractivity contribution in [3.63, 3.8) is 0 Å². The van der Waals surface area contributed by atoms with Gasteiger partial charge in [0.15, 0.2) is 9.84 Å². The third-order valence-electron chi connectivity index (χ3n) is 3.88. The number of esters is 1. The first kappa shape index (κ1) is 25.2. The molecule has 1 fully saturated rings. The number of rotatable bonds is 17. The van der Waals surface area contributed by atoms with Gasteiger partial charge in [0.25, 0.3) is 0 Å². The maximum atomic E-state index is 11.5. The van der Waals surface area contributed by atoms with Gasteiger partial charge >= 0.3 is 5.97 Å². The summed E-state index contributed by atoms with van der Waals surface area (Å²) in [6.07, 6.45) is 0. The average molecular weight is 428 g/mol. The van der Waals surface area contributed by atoms with Crippen LogP contribution < -0.4 is 0 Å². The standard InChI is InChI=1S/C17H33NO9S/c1-22-6-7-23-8-9-24-10-11-25-12-13-26-16-17(19)27-5-2-18-3-14-28(20,21)15-4-18/h2-16H2,1H3. The molecule has 0 aromatic carbocycles. The maximum Gasteiger partial charge on any atom is 0.332 e. The number of carbonyl (C=O) groups excluding carboxylic acids is 1. The van der Waals surface area contributed by atoms with E-state index >= 15 is 0 Å². The van der Waals surface area contributed by atoms with Gasteiger partial charge in [-0.2, -0.15) is 0 Å². The fourth-order valence-electron chi connectivity index (χ4n) is 2.26. The maximum absolute atomic E-state index is 11.5. The van der Waals surface area contributed by atoms with E-state index in [0.29, 0.717) is 72.5 Å². The lowest BCUT2D eigenvalue weighted by atomic mass is 10.5. The molecule has 1 heterocycles. The van der Waals surface area contributed by atoms with Gasteiger partial charge in [0.1, 0.15) is 13.2 Å². The Hall–Kier alpha value is -0.820. The molecule has 0 bridgehead atoms. The van der Waals surface area contributed by atoms with Crippen LogP contribution in [0.15, 0.2) is 0 Å². The molecule has 0 aromatic rings. The van der Waals surface area contributed by atoms with Gasteiger partial charge in [-0.05, 0) is 0 Å². The van der Waals surface area contributed by atoms with Crippen molar-refractivity contribution in [2.24, 2.45) is 0 Å². The molecule has 11 heteroatoms. The fourth-order valence-corrected chi connectivity index (χ4v) is 3.54. The van der Waals surface area contributed by atoms with Crippen molar-refractivity contribution >= 4 is 15.8 Å². The van der Waals surface area contributed by atoms with Crippen LogP contribution in [0.25, 0.3) is 0 Å². The molecule has 1 rings (SSSR count). The third-order valence-corrected chi connectivity index (χ3v) is 5.48. The molecule has 1 saturated heterocycles. The van der Waals surface area contributed by atoms with Crippen LogP contribution in [0.3, 0.4) is 0 Å². The molecule has 0 saturated carbocycles. The van der Waals surface area contributed by atoms with Crippen molar-refractivity contribution in [2.45, 2.75) is 0 Å². The molecule has 0 aliphatic carbocycles. The molecular formula is C17H33NO9S. The van der Waals surface area contributed by atoms with Gasteiger partial charge in [0.2, 0.25) is 0 Å². The van der Waals surface area contributed by atoms with E-state index in [1.54, 1.807) is 7.11 Å². The predicted molar refractivity (Wildman–Crippen MR) is 101 cm³/mol. The van der Waals surface area contributed by atoms with Crippen LogP contribution in [0, 0.1) is 0 Å². The van der Waals surface area contributed by atoms with Gasteiger partial charge in [-0.1, -0.05) is 0 Å². The number of carbonyl (C=O) groups is 1. The van der Waals surface area contributed by atoms with Crippen molar-refractivity contribution in [1.29, 1.82) is 0 Å².